The number of hydrogen-bond donors (Lipinski definition) is 2. The topological polar surface area (TPSA) is 56.2 Å². The quantitative estimate of drug-likeness (QED) is 0.649. The lowest BCUT2D eigenvalue weighted by molar-refractivity contribution is 0.0687. The first-order valence-corrected chi connectivity index (χ1v) is 10.1. The van der Waals surface area contributed by atoms with Crippen LogP contribution in [0.4, 0.5) is 0 Å². The van der Waals surface area contributed by atoms with E-state index in [1.807, 2.05) is 25.2 Å². The molecule has 0 radical (unpaired) electrons. The van der Waals surface area contributed by atoms with Crippen molar-refractivity contribution in [3.05, 3.63) is 28.8 Å². The summed E-state index contributed by atoms with van der Waals surface area (Å²) < 4.78 is 5.92. The standard InChI is InChI=1S/C20H33ClN2O3/c1-22(9-6-12-24)14-17-13-18(21)7-8-20(17)26-16-19(25)15-23-10-4-2-3-5-11-23/h7-8,13,19,24-25H,2-6,9-12,14-16H2,1H3/t19-/m1/s1. The first-order chi connectivity index (χ1) is 12.6. The predicted molar refractivity (Wildman–Crippen MR) is 106 cm³/mol. The van der Waals surface area contributed by atoms with Gasteiger partial charge in [-0.25, -0.2) is 0 Å². The second-order valence-corrected chi connectivity index (χ2v) is 7.68. The molecule has 0 saturated carbocycles. The van der Waals surface area contributed by atoms with Crippen molar-refractivity contribution in [2.45, 2.75) is 44.8 Å². The highest BCUT2D eigenvalue weighted by Crippen LogP contribution is 2.24. The third-order valence-electron chi connectivity index (χ3n) is 4.76. The Balaban J connectivity index is 1.87. The fraction of sp³-hybridized carbons (Fsp3) is 0.700. The van der Waals surface area contributed by atoms with Crippen LogP contribution in [0.2, 0.25) is 5.02 Å². The van der Waals surface area contributed by atoms with E-state index in [9.17, 15) is 5.11 Å². The maximum Gasteiger partial charge on any atom is 0.124 e. The van der Waals surface area contributed by atoms with Gasteiger partial charge in [0.1, 0.15) is 18.5 Å². The Morgan fingerprint density at radius 3 is 2.65 bits per heavy atom. The number of aliphatic hydroxyl groups excluding tert-OH is 2. The summed E-state index contributed by atoms with van der Waals surface area (Å²) in [6.07, 6.45) is 5.26. The molecule has 1 atom stereocenters. The van der Waals surface area contributed by atoms with Gasteiger partial charge in [-0.2, -0.15) is 0 Å². The highest BCUT2D eigenvalue weighted by Gasteiger charge is 2.15. The van der Waals surface area contributed by atoms with Gasteiger partial charge in [-0.1, -0.05) is 24.4 Å². The van der Waals surface area contributed by atoms with E-state index in [1.165, 1.54) is 25.7 Å². The molecule has 0 unspecified atom stereocenters. The van der Waals surface area contributed by atoms with Gasteiger partial charge in [0.25, 0.3) is 0 Å². The van der Waals surface area contributed by atoms with Gasteiger partial charge in [0.05, 0.1) is 0 Å². The van der Waals surface area contributed by atoms with Crippen LogP contribution in [-0.4, -0.2) is 72.6 Å². The second-order valence-electron chi connectivity index (χ2n) is 7.25. The normalized spacial score (nSPS) is 17.3. The third-order valence-corrected chi connectivity index (χ3v) is 4.99. The summed E-state index contributed by atoms with van der Waals surface area (Å²) in [5.41, 5.74) is 1.000. The van der Waals surface area contributed by atoms with E-state index >= 15 is 0 Å². The number of ether oxygens (including phenoxy) is 1. The van der Waals surface area contributed by atoms with Crippen molar-refractivity contribution in [1.29, 1.82) is 0 Å². The monoisotopic (exact) mass is 384 g/mol. The van der Waals surface area contributed by atoms with Gasteiger partial charge >= 0.3 is 0 Å². The molecule has 1 fully saturated rings. The molecule has 1 heterocycles. The van der Waals surface area contributed by atoms with Crippen LogP contribution in [0.3, 0.4) is 0 Å². The van der Waals surface area contributed by atoms with Crippen molar-refractivity contribution < 1.29 is 14.9 Å². The summed E-state index contributed by atoms with van der Waals surface area (Å²) in [7, 11) is 2.01. The molecular weight excluding hydrogens is 352 g/mol. The van der Waals surface area contributed by atoms with Gasteiger partial charge in [0.15, 0.2) is 0 Å². The molecule has 0 bridgehead atoms. The molecule has 5 nitrogen and oxygen atoms in total. The summed E-state index contributed by atoms with van der Waals surface area (Å²) in [5.74, 6) is 0.764. The largest absolute Gasteiger partial charge is 0.491 e. The highest BCUT2D eigenvalue weighted by atomic mass is 35.5. The Bertz CT molecular complexity index is 522. The molecule has 1 aromatic rings. The average Bonchev–Trinajstić information content (AvgIpc) is 2.88. The van der Waals surface area contributed by atoms with Gasteiger partial charge in [-0.3, -0.25) is 0 Å². The second kappa shape index (κ2) is 11.8. The van der Waals surface area contributed by atoms with Crippen molar-refractivity contribution in [1.82, 2.24) is 9.80 Å². The highest BCUT2D eigenvalue weighted by molar-refractivity contribution is 6.30. The van der Waals surface area contributed by atoms with Crippen LogP contribution < -0.4 is 4.74 Å². The summed E-state index contributed by atoms with van der Waals surface area (Å²) in [4.78, 5) is 4.47. The molecule has 6 heteroatoms. The average molecular weight is 385 g/mol. The van der Waals surface area contributed by atoms with E-state index in [0.717, 1.165) is 37.4 Å². The van der Waals surface area contributed by atoms with Crippen LogP contribution in [0, 0.1) is 0 Å². The summed E-state index contributed by atoms with van der Waals surface area (Å²) in [6.45, 7) is 4.77. The van der Waals surface area contributed by atoms with E-state index in [0.29, 0.717) is 18.1 Å². The maximum atomic E-state index is 10.4. The van der Waals surface area contributed by atoms with E-state index in [-0.39, 0.29) is 13.2 Å². The van der Waals surface area contributed by atoms with Gasteiger partial charge < -0.3 is 24.7 Å². The summed E-state index contributed by atoms with van der Waals surface area (Å²) in [6, 6.07) is 5.60. The Kier molecular flexibility index (Phi) is 9.72. The lowest BCUT2D eigenvalue weighted by Crippen LogP contribution is -2.36. The molecule has 0 aliphatic carbocycles. The Morgan fingerprint density at radius 1 is 1.23 bits per heavy atom. The zero-order valence-electron chi connectivity index (χ0n) is 15.9. The van der Waals surface area contributed by atoms with Crippen LogP contribution in [0.25, 0.3) is 0 Å². The first-order valence-electron chi connectivity index (χ1n) is 9.69. The molecule has 2 N–H and O–H groups in total. The minimum Gasteiger partial charge on any atom is -0.491 e. The number of nitrogens with zero attached hydrogens (tertiary/aromatic N) is 2. The SMILES string of the molecule is CN(CCCO)Cc1cc(Cl)ccc1OC[C@H](O)CN1CCCCCC1. The van der Waals surface area contributed by atoms with Crippen molar-refractivity contribution >= 4 is 11.6 Å². The van der Waals surface area contributed by atoms with Crippen molar-refractivity contribution in [2.24, 2.45) is 0 Å². The summed E-state index contributed by atoms with van der Waals surface area (Å²) >= 11 is 6.14. The van der Waals surface area contributed by atoms with Crippen LogP contribution >= 0.6 is 11.6 Å². The minimum absolute atomic E-state index is 0.186. The van der Waals surface area contributed by atoms with Crippen LogP contribution in [0.5, 0.6) is 5.75 Å². The van der Waals surface area contributed by atoms with E-state index in [1.54, 1.807) is 0 Å². The molecule has 0 spiro atoms. The van der Waals surface area contributed by atoms with Gasteiger partial charge in [-0.05, 0) is 57.6 Å². The van der Waals surface area contributed by atoms with Crippen molar-refractivity contribution in [2.75, 3.05) is 46.4 Å². The van der Waals surface area contributed by atoms with Crippen molar-refractivity contribution in [3.8, 4) is 5.75 Å². The summed E-state index contributed by atoms with van der Waals surface area (Å²) in [5, 5.41) is 20.0. The predicted octanol–water partition coefficient (Wildman–Crippen LogP) is 2.77. The van der Waals surface area contributed by atoms with Gasteiger partial charge in [0.2, 0.25) is 0 Å². The number of hydrogen-bond acceptors (Lipinski definition) is 5. The number of likely N-dealkylation sites (tertiary alicyclic amines) is 1. The number of halogens is 1. The van der Waals surface area contributed by atoms with Crippen molar-refractivity contribution in [3.63, 3.8) is 0 Å². The molecule has 2 rings (SSSR count). The van der Waals surface area contributed by atoms with E-state index in [4.69, 9.17) is 21.4 Å². The minimum atomic E-state index is -0.497. The van der Waals surface area contributed by atoms with E-state index in [2.05, 4.69) is 9.80 Å². The zero-order valence-corrected chi connectivity index (χ0v) is 16.6. The molecule has 1 aliphatic rings. The number of β-amino-alcohol motifs (C(OH)–C–C–N with tert-alkyl or cyclic N) is 1. The Hall–Kier alpha value is -0.850. The van der Waals surface area contributed by atoms with Gasteiger partial charge in [0, 0.05) is 36.8 Å². The maximum absolute atomic E-state index is 10.4. The molecule has 148 valence electrons. The van der Waals surface area contributed by atoms with Crippen LogP contribution in [0.15, 0.2) is 18.2 Å². The molecule has 0 amide bonds. The zero-order chi connectivity index (χ0) is 18.8. The lowest BCUT2D eigenvalue weighted by atomic mass is 10.2. The van der Waals surface area contributed by atoms with E-state index < -0.39 is 6.10 Å². The number of rotatable bonds is 10. The molecule has 0 aromatic heterocycles. The molecule has 26 heavy (non-hydrogen) atoms. The van der Waals surface area contributed by atoms with Gasteiger partial charge in [-0.15, -0.1) is 0 Å². The fourth-order valence-corrected chi connectivity index (χ4v) is 3.57. The fourth-order valence-electron chi connectivity index (χ4n) is 3.38. The van der Waals surface area contributed by atoms with Crippen LogP contribution in [-0.2, 0) is 6.54 Å². The first kappa shape index (κ1) is 21.5. The number of benzene rings is 1. The smallest absolute Gasteiger partial charge is 0.124 e. The molecule has 1 aromatic carbocycles. The Labute approximate surface area is 162 Å². The molecule has 1 aliphatic heterocycles. The number of aliphatic hydroxyl groups is 2. The molecular formula is C20H33ClN2O3. The molecule has 1 saturated heterocycles. The lowest BCUT2D eigenvalue weighted by Gasteiger charge is -2.24. The third kappa shape index (κ3) is 7.80. The Morgan fingerprint density at radius 2 is 1.96 bits per heavy atom. The van der Waals surface area contributed by atoms with Crippen LogP contribution in [0.1, 0.15) is 37.7 Å².